The van der Waals surface area contributed by atoms with Gasteiger partial charge in [-0.1, -0.05) is 37.0 Å². The van der Waals surface area contributed by atoms with Gasteiger partial charge >= 0.3 is 0 Å². The lowest BCUT2D eigenvalue weighted by Gasteiger charge is -2.21. The van der Waals surface area contributed by atoms with Gasteiger partial charge in [0.1, 0.15) is 12.6 Å². The summed E-state index contributed by atoms with van der Waals surface area (Å²) in [5.41, 5.74) is 5.70. The van der Waals surface area contributed by atoms with Gasteiger partial charge in [0.25, 0.3) is 5.91 Å². The van der Waals surface area contributed by atoms with Crippen molar-refractivity contribution in [3.63, 3.8) is 0 Å². The van der Waals surface area contributed by atoms with Gasteiger partial charge in [0, 0.05) is 11.2 Å². The van der Waals surface area contributed by atoms with Gasteiger partial charge in [-0.25, -0.2) is 0 Å². The Hall–Kier alpha value is -2.58. The second-order valence-corrected chi connectivity index (χ2v) is 7.05. The molecule has 0 aliphatic rings. The van der Waals surface area contributed by atoms with E-state index in [2.05, 4.69) is 15.7 Å². The Balaban J connectivity index is 2.09. The number of rotatable bonds is 7. The molecule has 10 heteroatoms. The molecule has 0 radical (unpaired) electrons. The number of carbonyl (C=O) groups excluding carboxylic acids is 3. The van der Waals surface area contributed by atoms with Gasteiger partial charge in [0.2, 0.25) is 11.8 Å². The van der Waals surface area contributed by atoms with Gasteiger partial charge in [0.05, 0.1) is 22.5 Å². The summed E-state index contributed by atoms with van der Waals surface area (Å²) >= 11 is 11.9. The molecule has 0 saturated heterocycles. The van der Waals surface area contributed by atoms with Crippen molar-refractivity contribution in [2.75, 3.05) is 5.32 Å². The van der Waals surface area contributed by atoms with Crippen LogP contribution in [-0.2, 0) is 16.1 Å². The minimum atomic E-state index is -0.816. The zero-order chi connectivity index (χ0) is 20.1. The van der Waals surface area contributed by atoms with Crippen molar-refractivity contribution >= 4 is 46.6 Å². The van der Waals surface area contributed by atoms with E-state index in [1.807, 2.05) is 0 Å². The highest BCUT2D eigenvalue weighted by Crippen LogP contribution is 2.21. The maximum atomic E-state index is 12.6. The van der Waals surface area contributed by atoms with Gasteiger partial charge in [0.15, 0.2) is 0 Å². The average Bonchev–Trinajstić information content (AvgIpc) is 2.97. The van der Waals surface area contributed by atoms with E-state index in [9.17, 15) is 14.4 Å². The predicted molar refractivity (Wildman–Crippen MR) is 103 cm³/mol. The number of halogens is 2. The van der Waals surface area contributed by atoms with Crippen LogP contribution in [0.4, 0.5) is 5.69 Å². The van der Waals surface area contributed by atoms with E-state index in [4.69, 9.17) is 28.9 Å². The number of carbonyl (C=O) groups is 3. The number of primary amides is 1. The first-order valence-corrected chi connectivity index (χ1v) is 8.80. The number of hydrogen-bond donors (Lipinski definition) is 3. The summed E-state index contributed by atoms with van der Waals surface area (Å²) < 4.78 is 1.30. The molecule has 3 amide bonds. The molecule has 0 aliphatic carbocycles. The summed E-state index contributed by atoms with van der Waals surface area (Å²) in [6.45, 7) is 3.49. The Labute approximate surface area is 166 Å². The van der Waals surface area contributed by atoms with Crippen LogP contribution in [0.3, 0.4) is 0 Å². The minimum absolute atomic E-state index is 0.102. The van der Waals surface area contributed by atoms with Crippen molar-refractivity contribution < 1.29 is 14.4 Å². The van der Waals surface area contributed by atoms with Crippen molar-refractivity contribution in [1.82, 2.24) is 15.1 Å². The fraction of sp³-hybridized carbons (Fsp3) is 0.294. The second-order valence-electron chi connectivity index (χ2n) is 6.20. The molecule has 1 unspecified atom stereocenters. The van der Waals surface area contributed by atoms with Crippen LogP contribution in [0.2, 0.25) is 10.0 Å². The molecule has 0 bridgehead atoms. The van der Waals surface area contributed by atoms with Gasteiger partial charge in [-0.2, -0.15) is 5.10 Å². The predicted octanol–water partition coefficient (Wildman–Crippen LogP) is 2.07. The van der Waals surface area contributed by atoms with Crippen molar-refractivity contribution in [3.05, 3.63) is 46.2 Å². The normalized spacial score (nSPS) is 11.9. The van der Waals surface area contributed by atoms with Crippen molar-refractivity contribution in [1.29, 1.82) is 0 Å². The molecule has 0 fully saturated rings. The van der Waals surface area contributed by atoms with Gasteiger partial charge < -0.3 is 16.4 Å². The SMILES string of the molecule is CC(C)C(NC(=O)c1ccc(Cl)cc1Cl)C(=O)Nc1cnn(CC(N)=O)c1. The lowest BCUT2D eigenvalue weighted by molar-refractivity contribution is -0.119. The fourth-order valence-electron chi connectivity index (χ4n) is 2.32. The molecule has 1 atom stereocenters. The van der Waals surface area contributed by atoms with Crippen molar-refractivity contribution in [2.24, 2.45) is 11.7 Å². The summed E-state index contributed by atoms with van der Waals surface area (Å²) in [7, 11) is 0. The zero-order valence-corrected chi connectivity index (χ0v) is 16.2. The molecule has 144 valence electrons. The number of anilines is 1. The first-order valence-electron chi connectivity index (χ1n) is 8.05. The molecular formula is C17H19Cl2N5O3. The number of nitrogens with two attached hydrogens (primary N) is 1. The van der Waals surface area contributed by atoms with Crippen LogP contribution < -0.4 is 16.4 Å². The largest absolute Gasteiger partial charge is 0.368 e. The Morgan fingerprint density at radius 1 is 1.26 bits per heavy atom. The van der Waals surface area contributed by atoms with E-state index in [1.54, 1.807) is 19.9 Å². The summed E-state index contributed by atoms with van der Waals surface area (Å²) in [5.74, 6) is -1.67. The summed E-state index contributed by atoms with van der Waals surface area (Å²) in [5, 5.41) is 9.85. The number of aromatic nitrogens is 2. The van der Waals surface area contributed by atoms with E-state index in [1.165, 1.54) is 29.2 Å². The number of amides is 3. The Kier molecular flexibility index (Phi) is 6.81. The van der Waals surface area contributed by atoms with E-state index >= 15 is 0 Å². The lowest BCUT2D eigenvalue weighted by Crippen LogP contribution is -2.47. The standard InChI is InChI=1S/C17H19Cl2N5O3/c1-9(2)15(23-16(26)12-4-3-10(18)5-13(12)19)17(27)22-11-6-21-24(7-11)8-14(20)25/h3-7,9,15H,8H2,1-2H3,(H2,20,25)(H,22,27)(H,23,26). The third-order valence-electron chi connectivity index (χ3n) is 3.63. The molecule has 0 aliphatic heterocycles. The van der Waals surface area contributed by atoms with Gasteiger partial charge in [-0.15, -0.1) is 0 Å². The smallest absolute Gasteiger partial charge is 0.253 e. The topological polar surface area (TPSA) is 119 Å². The number of nitrogens with one attached hydrogen (secondary N) is 2. The molecule has 4 N–H and O–H groups in total. The number of nitrogens with zero attached hydrogens (tertiary/aromatic N) is 2. The van der Waals surface area contributed by atoms with Crippen LogP contribution in [0.25, 0.3) is 0 Å². The van der Waals surface area contributed by atoms with Crippen LogP contribution in [0.1, 0.15) is 24.2 Å². The summed E-state index contributed by atoms with van der Waals surface area (Å²) in [4.78, 5) is 36.0. The van der Waals surface area contributed by atoms with Crippen LogP contribution in [0.5, 0.6) is 0 Å². The summed E-state index contributed by atoms with van der Waals surface area (Å²) in [6, 6.07) is 3.67. The lowest BCUT2D eigenvalue weighted by atomic mass is 10.0. The molecule has 0 spiro atoms. The van der Waals surface area contributed by atoms with Crippen LogP contribution in [0, 0.1) is 5.92 Å². The fourth-order valence-corrected chi connectivity index (χ4v) is 2.82. The summed E-state index contributed by atoms with van der Waals surface area (Å²) in [6.07, 6.45) is 2.86. The molecular weight excluding hydrogens is 393 g/mol. The first-order chi connectivity index (χ1) is 12.7. The minimum Gasteiger partial charge on any atom is -0.368 e. The third-order valence-corrected chi connectivity index (χ3v) is 4.18. The Morgan fingerprint density at radius 3 is 2.56 bits per heavy atom. The molecule has 2 rings (SSSR count). The van der Waals surface area contributed by atoms with Crippen molar-refractivity contribution in [3.8, 4) is 0 Å². The number of benzene rings is 1. The Morgan fingerprint density at radius 2 is 1.96 bits per heavy atom. The van der Waals surface area contributed by atoms with E-state index in [-0.39, 0.29) is 23.0 Å². The zero-order valence-electron chi connectivity index (χ0n) is 14.7. The van der Waals surface area contributed by atoms with Crippen LogP contribution >= 0.6 is 23.2 Å². The van der Waals surface area contributed by atoms with E-state index in [0.29, 0.717) is 10.7 Å². The van der Waals surface area contributed by atoms with Gasteiger partial charge in [-0.05, 0) is 24.1 Å². The van der Waals surface area contributed by atoms with E-state index in [0.717, 1.165) is 0 Å². The highest BCUT2D eigenvalue weighted by atomic mass is 35.5. The van der Waals surface area contributed by atoms with Crippen LogP contribution in [-0.4, -0.2) is 33.5 Å². The molecule has 2 aromatic rings. The molecule has 1 heterocycles. The molecule has 1 aromatic carbocycles. The average molecular weight is 412 g/mol. The highest BCUT2D eigenvalue weighted by molar-refractivity contribution is 6.36. The number of hydrogen-bond acceptors (Lipinski definition) is 4. The molecule has 27 heavy (non-hydrogen) atoms. The van der Waals surface area contributed by atoms with Crippen molar-refractivity contribution in [2.45, 2.75) is 26.4 Å². The Bertz CT molecular complexity index is 866. The maximum absolute atomic E-state index is 12.6. The second kappa shape index (κ2) is 8.88. The molecule has 1 aromatic heterocycles. The first kappa shape index (κ1) is 20.7. The quantitative estimate of drug-likeness (QED) is 0.645. The molecule has 0 saturated carbocycles. The maximum Gasteiger partial charge on any atom is 0.253 e. The van der Waals surface area contributed by atoms with E-state index < -0.39 is 23.8 Å². The third kappa shape index (κ3) is 5.70. The van der Waals surface area contributed by atoms with Gasteiger partial charge in [-0.3, -0.25) is 19.1 Å². The monoisotopic (exact) mass is 411 g/mol. The highest BCUT2D eigenvalue weighted by Gasteiger charge is 2.26. The molecule has 8 nitrogen and oxygen atoms in total. The van der Waals surface area contributed by atoms with Crippen LogP contribution in [0.15, 0.2) is 30.6 Å².